The summed E-state index contributed by atoms with van der Waals surface area (Å²) in [6, 6.07) is 7.76. The molecule has 0 aromatic heterocycles. The summed E-state index contributed by atoms with van der Waals surface area (Å²) < 4.78 is 0. The van der Waals surface area contributed by atoms with Crippen LogP contribution in [0.3, 0.4) is 0 Å². The molecule has 0 amide bonds. The van der Waals surface area contributed by atoms with Gasteiger partial charge in [-0.2, -0.15) is 0 Å². The van der Waals surface area contributed by atoms with Crippen molar-refractivity contribution < 1.29 is 0 Å². The Balaban J connectivity index is 1.64. The average Bonchev–Trinajstić information content (AvgIpc) is 2.68. The summed E-state index contributed by atoms with van der Waals surface area (Å²) in [5.41, 5.74) is 4.44. The Morgan fingerprint density at radius 3 is 2.74 bits per heavy atom. The zero-order chi connectivity index (χ0) is 19.2. The number of hydrogen-bond acceptors (Lipinski definition) is 3. The van der Waals surface area contributed by atoms with Crippen LogP contribution in [-0.2, 0) is 12.8 Å². The number of likely N-dealkylation sites (N-methyl/N-ethyl adjacent to an activating group) is 2. The van der Waals surface area contributed by atoms with Gasteiger partial charge < -0.3 is 15.5 Å². The SMILES string of the molecule is CCNC(=NCC1CN(C)CCN1C)NC(C)c1ccc2c(c1)CCCC2. The highest BCUT2D eigenvalue weighted by atomic mass is 15.3. The quantitative estimate of drug-likeness (QED) is 0.616. The van der Waals surface area contributed by atoms with E-state index >= 15 is 0 Å². The Morgan fingerprint density at radius 1 is 1.19 bits per heavy atom. The molecular weight excluding hydrogens is 334 g/mol. The molecule has 2 atom stereocenters. The topological polar surface area (TPSA) is 42.9 Å². The van der Waals surface area contributed by atoms with E-state index < -0.39 is 0 Å². The van der Waals surface area contributed by atoms with Crippen LogP contribution >= 0.6 is 0 Å². The first-order valence-corrected chi connectivity index (χ1v) is 10.6. The smallest absolute Gasteiger partial charge is 0.191 e. The molecule has 0 spiro atoms. The highest BCUT2D eigenvalue weighted by Crippen LogP contribution is 2.24. The van der Waals surface area contributed by atoms with Crippen LogP contribution in [0.4, 0.5) is 0 Å². The number of aryl methyl sites for hydroxylation is 2. The van der Waals surface area contributed by atoms with Crippen LogP contribution in [0.1, 0.15) is 49.4 Å². The molecule has 0 saturated carbocycles. The van der Waals surface area contributed by atoms with Crippen molar-refractivity contribution in [2.75, 3.05) is 46.8 Å². The molecule has 150 valence electrons. The standard InChI is InChI=1S/C22H37N5/c1-5-23-22(24-15-21-16-26(3)12-13-27(21)4)25-17(2)19-11-10-18-8-6-7-9-20(18)14-19/h10-11,14,17,21H,5-9,12-13,15-16H2,1-4H3,(H2,23,24,25). The third-order valence-electron chi connectivity index (χ3n) is 6.01. The number of nitrogens with one attached hydrogen (secondary N) is 2. The second-order valence-corrected chi connectivity index (χ2v) is 8.22. The molecule has 5 nitrogen and oxygen atoms in total. The minimum Gasteiger partial charge on any atom is -0.357 e. The van der Waals surface area contributed by atoms with Crippen molar-refractivity contribution in [3.8, 4) is 0 Å². The van der Waals surface area contributed by atoms with Gasteiger partial charge in [-0.25, -0.2) is 0 Å². The number of guanidine groups is 1. The molecule has 1 aliphatic carbocycles. The van der Waals surface area contributed by atoms with Gasteiger partial charge in [0.1, 0.15) is 0 Å². The number of nitrogens with zero attached hydrogens (tertiary/aromatic N) is 3. The third-order valence-corrected chi connectivity index (χ3v) is 6.01. The Hall–Kier alpha value is -1.59. The lowest BCUT2D eigenvalue weighted by Crippen LogP contribution is -2.51. The van der Waals surface area contributed by atoms with Crippen LogP contribution in [0.15, 0.2) is 23.2 Å². The Labute approximate surface area is 165 Å². The monoisotopic (exact) mass is 371 g/mol. The number of fused-ring (bicyclic) bond motifs is 1. The molecule has 1 saturated heterocycles. The maximum Gasteiger partial charge on any atom is 0.191 e. The lowest BCUT2D eigenvalue weighted by Gasteiger charge is -2.37. The van der Waals surface area contributed by atoms with Gasteiger partial charge in [-0.1, -0.05) is 18.2 Å². The van der Waals surface area contributed by atoms with Crippen LogP contribution in [0, 0.1) is 0 Å². The molecule has 27 heavy (non-hydrogen) atoms. The molecule has 2 aliphatic rings. The molecule has 5 heteroatoms. The predicted molar refractivity (Wildman–Crippen MR) is 115 cm³/mol. The van der Waals surface area contributed by atoms with E-state index in [0.29, 0.717) is 6.04 Å². The van der Waals surface area contributed by atoms with Crippen LogP contribution in [0.2, 0.25) is 0 Å². The first kappa shape index (κ1) is 20.2. The van der Waals surface area contributed by atoms with E-state index in [-0.39, 0.29) is 6.04 Å². The largest absolute Gasteiger partial charge is 0.357 e. The van der Waals surface area contributed by atoms with Gasteiger partial charge in [0.2, 0.25) is 0 Å². The second-order valence-electron chi connectivity index (χ2n) is 8.22. The Kier molecular flexibility index (Phi) is 7.13. The minimum atomic E-state index is 0.252. The van der Waals surface area contributed by atoms with Crippen LogP contribution < -0.4 is 10.6 Å². The maximum atomic E-state index is 4.90. The van der Waals surface area contributed by atoms with E-state index in [2.05, 4.69) is 66.6 Å². The molecule has 1 fully saturated rings. The molecule has 2 unspecified atom stereocenters. The second kappa shape index (κ2) is 9.56. The Bertz CT molecular complexity index is 642. The van der Waals surface area contributed by atoms with E-state index in [9.17, 15) is 0 Å². The predicted octanol–water partition coefficient (Wildman–Crippen LogP) is 2.43. The highest BCUT2D eigenvalue weighted by Gasteiger charge is 2.22. The summed E-state index contributed by atoms with van der Waals surface area (Å²) in [5, 5.41) is 7.03. The van der Waals surface area contributed by atoms with Gasteiger partial charge in [-0.05, 0) is 70.3 Å². The number of benzene rings is 1. The highest BCUT2D eigenvalue weighted by molar-refractivity contribution is 5.80. The summed E-state index contributed by atoms with van der Waals surface area (Å²) in [6.45, 7) is 9.41. The fraction of sp³-hybridized carbons (Fsp3) is 0.682. The van der Waals surface area contributed by atoms with E-state index in [1.807, 2.05) is 0 Å². The maximum absolute atomic E-state index is 4.90. The van der Waals surface area contributed by atoms with Crippen molar-refractivity contribution in [2.45, 2.75) is 51.6 Å². The Morgan fingerprint density at radius 2 is 1.96 bits per heavy atom. The summed E-state index contributed by atoms with van der Waals surface area (Å²) in [7, 11) is 4.41. The van der Waals surface area contributed by atoms with Crippen molar-refractivity contribution >= 4 is 5.96 Å². The van der Waals surface area contributed by atoms with Crippen molar-refractivity contribution in [1.82, 2.24) is 20.4 Å². The van der Waals surface area contributed by atoms with Gasteiger partial charge in [0, 0.05) is 32.2 Å². The molecule has 2 N–H and O–H groups in total. The lowest BCUT2D eigenvalue weighted by molar-refractivity contribution is 0.119. The van der Waals surface area contributed by atoms with Gasteiger partial charge in [0.05, 0.1) is 12.6 Å². The van der Waals surface area contributed by atoms with Crippen LogP contribution in [0.5, 0.6) is 0 Å². The fourth-order valence-corrected chi connectivity index (χ4v) is 4.13. The minimum absolute atomic E-state index is 0.252. The van der Waals surface area contributed by atoms with Crippen molar-refractivity contribution in [3.63, 3.8) is 0 Å². The molecule has 3 rings (SSSR count). The van der Waals surface area contributed by atoms with E-state index in [1.54, 1.807) is 11.1 Å². The molecule has 1 aliphatic heterocycles. The normalized spacial score (nSPS) is 23.0. The van der Waals surface area contributed by atoms with Gasteiger partial charge >= 0.3 is 0 Å². The number of rotatable bonds is 5. The van der Waals surface area contributed by atoms with Gasteiger partial charge in [0.15, 0.2) is 5.96 Å². The molecule has 1 aromatic carbocycles. The number of hydrogen-bond donors (Lipinski definition) is 2. The van der Waals surface area contributed by atoms with Crippen LogP contribution in [0.25, 0.3) is 0 Å². The van der Waals surface area contributed by atoms with E-state index in [4.69, 9.17) is 4.99 Å². The molecular formula is C22H37N5. The zero-order valence-corrected chi connectivity index (χ0v) is 17.6. The number of piperazine rings is 1. The summed E-state index contributed by atoms with van der Waals surface area (Å²) in [6.07, 6.45) is 5.13. The molecule has 1 aromatic rings. The first-order chi connectivity index (χ1) is 13.1. The van der Waals surface area contributed by atoms with Crippen molar-refractivity contribution in [1.29, 1.82) is 0 Å². The lowest BCUT2D eigenvalue weighted by atomic mass is 9.89. The van der Waals surface area contributed by atoms with Gasteiger partial charge in [-0.3, -0.25) is 9.89 Å². The average molecular weight is 372 g/mol. The summed E-state index contributed by atoms with van der Waals surface area (Å²) in [5.74, 6) is 0.921. The summed E-state index contributed by atoms with van der Waals surface area (Å²) in [4.78, 5) is 9.73. The first-order valence-electron chi connectivity index (χ1n) is 10.6. The van der Waals surface area contributed by atoms with E-state index in [1.165, 1.54) is 31.2 Å². The van der Waals surface area contributed by atoms with Gasteiger partial charge in [-0.15, -0.1) is 0 Å². The van der Waals surface area contributed by atoms with Crippen LogP contribution in [-0.4, -0.2) is 68.6 Å². The molecule has 1 heterocycles. The molecule has 0 bridgehead atoms. The van der Waals surface area contributed by atoms with Crippen molar-refractivity contribution in [2.24, 2.45) is 4.99 Å². The van der Waals surface area contributed by atoms with Gasteiger partial charge in [0.25, 0.3) is 0 Å². The van der Waals surface area contributed by atoms with E-state index in [0.717, 1.165) is 38.7 Å². The zero-order valence-electron chi connectivity index (χ0n) is 17.6. The fourth-order valence-electron chi connectivity index (χ4n) is 4.13. The third kappa shape index (κ3) is 5.45. The molecule has 0 radical (unpaired) electrons. The summed E-state index contributed by atoms with van der Waals surface area (Å²) >= 11 is 0. The van der Waals surface area contributed by atoms with Crippen molar-refractivity contribution in [3.05, 3.63) is 34.9 Å². The number of aliphatic imine (C=N–C) groups is 1.